The molecule has 1 aliphatic rings. The summed E-state index contributed by atoms with van der Waals surface area (Å²) >= 11 is 0. The predicted molar refractivity (Wildman–Crippen MR) is 54.7 cm³/mol. The molecule has 1 nitrogen and oxygen atoms in total. The number of piperidine rings is 1. The summed E-state index contributed by atoms with van der Waals surface area (Å²) in [6.45, 7) is 2.80. The Morgan fingerprint density at radius 2 is 2.00 bits per heavy atom. The molecule has 0 aromatic rings. The highest BCUT2D eigenvalue weighted by atomic mass is 19.4. The highest BCUT2D eigenvalue weighted by Gasteiger charge is 2.36. The van der Waals surface area contributed by atoms with Gasteiger partial charge in [0.25, 0.3) is 0 Å². The van der Waals surface area contributed by atoms with Crippen molar-refractivity contribution in [2.45, 2.75) is 51.2 Å². The van der Waals surface area contributed by atoms with Crippen molar-refractivity contribution >= 4 is 0 Å². The second kappa shape index (κ2) is 5.19. The minimum atomic E-state index is -4.01. The number of hydrogen-bond acceptors (Lipinski definition) is 1. The second-order valence-corrected chi connectivity index (χ2v) is 4.53. The Labute approximate surface area is 89.6 Å². The van der Waals surface area contributed by atoms with E-state index in [1.807, 2.05) is 14.0 Å². The van der Waals surface area contributed by atoms with Gasteiger partial charge >= 0.3 is 6.18 Å². The van der Waals surface area contributed by atoms with E-state index in [0.717, 1.165) is 25.8 Å². The van der Waals surface area contributed by atoms with Crippen molar-refractivity contribution in [3.63, 3.8) is 0 Å². The molecular formula is C11H20F3N. The Morgan fingerprint density at radius 1 is 1.33 bits per heavy atom. The number of hydrogen-bond donors (Lipinski definition) is 0. The predicted octanol–water partition coefficient (Wildman–Crippen LogP) is 3.45. The van der Waals surface area contributed by atoms with Crippen LogP contribution in [0, 0.1) is 5.92 Å². The smallest absolute Gasteiger partial charge is 0.303 e. The zero-order valence-corrected chi connectivity index (χ0v) is 9.48. The quantitative estimate of drug-likeness (QED) is 0.708. The largest absolute Gasteiger partial charge is 0.389 e. The molecule has 0 aromatic heterocycles. The van der Waals surface area contributed by atoms with Crippen LogP contribution in [0.25, 0.3) is 0 Å². The fraction of sp³-hybridized carbons (Fsp3) is 1.00. The summed E-state index contributed by atoms with van der Waals surface area (Å²) in [5.74, 6) is -0.227. The topological polar surface area (TPSA) is 3.24 Å². The molecule has 1 fully saturated rings. The van der Waals surface area contributed by atoms with Gasteiger partial charge in [0.05, 0.1) is 0 Å². The number of nitrogens with zero attached hydrogens (tertiary/aromatic N) is 1. The SMILES string of the molecule is CCC(CC(F)(F)F)C1CCCCN1C. The van der Waals surface area contributed by atoms with Crippen molar-refractivity contribution in [2.75, 3.05) is 13.6 Å². The first-order valence-electron chi connectivity index (χ1n) is 5.71. The van der Waals surface area contributed by atoms with Crippen LogP contribution >= 0.6 is 0 Å². The molecule has 15 heavy (non-hydrogen) atoms. The number of halogens is 3. The van der Waals surface area contributed by atoms with Crippen molar-refractivity contribution in [3.05, 3.63) is 0 Å². The third kappa shape index (κ3) is 4.01. The summed E-state index contributed by atoms with van der Waals surface area (Å²) in [5.41, 5.74) is 0. The van der Waals surface area contributed by atoms with Crippen LogP contribution in [0.1, 0.15) is 39.0 Å². The van der Waals surface area contributed by atoms with Crippen LogP contribution < -0.4 is 0 Å². The van der Waals surface area contributed by atoms with Gasteiger partial charge in [-0.25, -0.2) is 0 Å². The maximum absolute atomic E-state index is 12.4. The van der Waals surface area contributed by atoms with Gasteiger partial charge in [0.1, 0.15) is 0 Å². The van der Waals surface area contributed by atoms with Crippen LogP contribution in [0.3, 0.4) is 0 Å². The first kappa shape index (κ1) is 12.8. The van der Waals surface area contributed by atoms with Crippen LogP contribution in [0.5, 0.6) is 0 Å². The van der Waals surface area contributed by atoms with E-state index in [1.54, 1.807) is 0 Å². The molecule has 90 valence electrons. The molecule has 0 bridgehead atoms. The monoisotopic (exact) mass is 223 g/mol. The molecule has 2 atom stereocenters. The molecule has 0 radical (unpaired) electrons. The lowest BCUT2D eigenvalue weighted by molar-refractivity contribution is -0.150. The fourth-order valence-electron chi connectivity index (χ4n) is 2.55. The molecule has 0 spiro atoms. The molecule has 0 aliphatic carbocycles. The molecule has 1 aliphatic heterocycles. The fourth-order valence-corrected chi connectivity index (χ4v) is 2.55. The van der Waals surface area contributed by atoms with E-state index < -0.39 is 12.6 Å². The summed E-state index contributed by atoms with van der Waals surface area (Å²) in [6.07, 6.45) is -0.907. The van der Waals surface area contributed by atoms with Gasteiger partial charge < -0.3 is 4.90 Å². The Bertz CT molecular complexity index is 191. The number of rotatable bonds is 3. The molecule has 1 heterocycles. The van der Waals surface area contributed by atoms with E-state index in [9.17, 15) is 13.2 Å². The molecule has 4 heteroatoms. The maximum Gasteiger partial charge on any atom is 0.389 e. The van der Waals surface area contributed by atoms with Crippen LogP contribution in [0.15, 0.2) is 0 Å². The summed E-state index contributed by atoms with van der Waals surface area (Å²) < 4.78 is 37.1. The summed E-state index contributed by atoms with van der Waals surface area (Å²) in [6, 6.07) is 0.130. The van der Waals surface area contributed by atoms with Gasteiger partial charge in [0.15, 0.2) is 0 Å². The van der Waals surface area contributed by atoms with Gasteiger partial charge in [0, 0.05) is 12.5 Å². The Balaban J connectivity index is 2.56. The molecule has 0 saturated carbocycles. The zero-order valence-electron chi connectivity index (χ0n) is 9.48. The second-order valence-electron chi connectivity index (χ2n) is 4.53. The molecule has 0 N–H and O–H groups in total. The van der Waals surface area contributed by atoms with Gasteiger partial charge in [-0.15, -0.1) is 0 Å². The van der Waals surface area contributed by atoms with E-state index in [-0.39, 0.29) is 12.0 Å². The van der Waals surface area contributed by atoms with Crippen LogP contribution in [0.4, 0.5) is 13.2 Å². The Kier molecular flexibility index (Phi) is 4.44. The molecule has 0 aromatic carbocycles. The number of alkyl halides is 3. The lowest BCUT2D eigenvalue weighted by atomic mass is 9.86. The van der Waals surface area contributed by atoms with Crippen LogP contribution in [-0.4, -0.2) is 30.7 Å². The van der Waals surface area contributed by atoms with E-state index in [4.69, 9.17) is 0 Å². The minimum Gasteiger partial charge on any atom is -0.303 e. The molecule has 2 unspecified atom stereocenters. The van der Waals surface area contributed by atoms with Gasteiger partial charge in [0.2, 0.25) is 0 Å². The molecular weight excluding hydrogens is 203 g/mol. The van der Waals surface area contributed by atoms with Crippen molar-refractivity contribution in [2.24, 2.45) is 5.92 Å². The van der Waals surface area contributed by atoms with Gasteiger partial charge in [-0.1, -0.05) is 19.8 Å². The summed E-state index contributed by atoms with van der Waals surface area (Å²) in [5, 5.41) is 0. The van der Waals surface area contributed by atoms with Gasteiger partial charge in [-0.3, -0.25) is 0 Å². The highest BCUT2D eigenvalue weighted by Crippen LogP contribution is 2.33. The first-order valence-corrected chi connectivity index (χ1v) is 5.71. The van der Waals surface area contributed by atoms with Gasteiger partial charge in [-0.2, -0.15) is 13.2 Å². The summed E-state index contributed by atoms with van der Waals surface area (Å²) in [4.78, 5) is 2.10. The standard InChI is InChI=1S/C11H20F3N/c1-3-9(8-11(12,13)14)10-6-4-5-7-15(10)2/h9-10H,3-8H2,1-2H3. The maximum atomic E-state index is 12.4. The average molecular weight is 223 g/mol. The summed E-state index contributed by atoms with van der Waals surface area (Å²) in [7, 11) is 1.95. The highest BCUT2D eigenvalue weighted by molar-refractivity contribution is 4.82. The lowest BCUT2D eigenvalue weighted by Crippen LogP contribution is -2.42. The minimum absolute atomic E-state index is 0.130. The van der Waals surface area contributed by atoms with Crippen molar-refractivity contribution < 1.29 is 13.2 Å². The average Bonchev–Trinajstić information content (AvgIpc) is 2.14. The van der Waals surface area contributed by atoms with Crippen LogP contribution in [0.2, 0.25) is 0 Å². The van der Waals surface area contributed by atoms with E-state index in [1.165, 1.54) is 0 Å². The van der Waals surface area contributed by atoms with Crippen LogP contribution in [-0.2, 0) is 0 Å². The van der Waals surface area contributed by atoms with Crippen molar-refractivity contribution in [1.82, 2.24) is 4.90 Å². The van der Waals surface area contributed by atoms with Crippen molar-refractivity contribution in [1.29, 1.82) is 0 Å². The van der Waals surface area contributed by atoms with E-state index in [2.05, 4.69) is 4.90 Å². The van der Waals surface area contributed by atoms with Crippen molar-refractivity contribution in [3.8, 4) is 0 Å². The first-order chi connectivity index (χ1) is 6.94. The number of likely N-dealkylation sites (tertiary alicyclic amines) is 1. The Morgan fingerprint density at radius 3 is 2.47 bits per heavy atom. The third-order valence-electron chi connectivity index (χ3n) is 3.39. The van der Waals surface area contributed by atoms with Gasteiger partial charge in [-0.05, 0) is 32.4 Å². The molecule has 0 amide bonds. The normalized spacial score (nSPS) is 26.6. The molecule has 1 saturated heterocycles. The zero-order chi connectivity index (χ0) is 11.5. The molecule has 1 rings (SSSR count). The Hall–Kier alpha value is -0.250. The van der Waals surface area contributed by atoms with E-state index >= 15 is 0 Å². The third-order valence-corrected chi connectivity index (χ3v) is 3.39. The van der Waals surface area contributed by atoms with E-state index in [0.29, 0.717) is 6.42 Å². The lowest BCUT2D eigenvalue weighted by Gasteiger charge is -2.38.